The fraction of sp³-hybridized carbons (Fsp3) is 0.579. The SMILES string of the molecule is O=C(Cc1noc2ccccc12)N1CCC[C@H](S(=O)(=O)NC2CCCC2)C1. The monoisotopic (exact) mass is 391 g/mol. The highest BCUT2D eigenvalue weighted by Gasteiger charge is 2.34. The summed E-state index contributed by atoms with van der Waals surface area (Å²) in [6.45, 7) is 0.834. The quantitative estimate of drug-likeness (QED) is 0.844. The van der Waals surface area contributed by atoms with Gasteiger partial charge in [-0.1, -0.05) is 30.1 Å². The van der Waals surface area contributed by atoms with Crippen LogP contribution >= 0.6 is 0 Å². The average molecular weight is 391 g/mol. The Morgan fingerprint density at radius 1 is 1.19 bits per heavy atom. The number of rotatable bonds is 5. The van der Waals surface area contributed by atoms with Crippen molar-refractivity contribution in [2.45, 2.75) is 56.2 Å². The first-order valence-electron chi connectivity index (χ1n) is 9.65. The Morgan fingerprint density at radius 3 is 2.78 bits per heavy atom. The third-order valence-electron chi connectivity index (χ3n) is 5.63. The number of amides is 1. The number of carbonyl (C=O) groups excluding carboxylic acids is 1. The summed E-state index contributed by atoms with van der Waals surface area (Å²) in [5.41, 5.74) is 1.25. The average Bonchev–Trinajstić information content (AvgIpc) is 3.32. The zero-order valence-electron chi connectivity index (χ0n) is 15.3. The Balaban J connectivity index is 1.42. The van der Waals surface area contributed by atoms with Gasteiger partial charge in [0.25, 0.3) is 0 Å². The van der Waals surface area contributed by atoms with E-state index in [0.717, 1.165) is 31.1 Å². The van der Waals surface area contributed by atoms with Gasteiger partial charge in [-0.2, -0.15) is 0 Å². The summed E-state index contributed by atoms with van der Waals surface area (Å²) in [6, 6.07) is 7.49. The maximum absolute atomic E-state index is 12.8. The third kappa shape index (κ3) is 4.01. The highest BCUT2D eigenvalue weighted by Crippen LogP contribution is 2.23. The molecule has 0 radical (unpaired) electrons. The number of aromatic nitrogens is 1. The van der Waals surface area contributed by atoms with Gasteiger partial charge in [0.2, 0.25) is 15.9 Å². The number of benzene rings is 1. The molecule has 1 atom stereocenters. The largest absolute Gasteiger partial charge is 0.356 e. The first kappa shape index (κ1) is 18.4. The fourth-order valence-corrected chi connectivity index (χ4v) is 5.86. The normalized spacial score (nSPS) is 21.8. The molecule has 1 saturated carbocycles. The van der Waals surface area contributed by atoms with Crippen molar-refractivity contribution < 1.29 is 17.7 Å². The smallest absolute Gasteiger partial charge is 0.228 e. The van der Waals surface area contributed by atoms with Gasteiger partial charge in [0.15, 0.2) is 5.58 Å². The van der Waals surface area contributed by atoms with E-state index < -0.39 is 15.3 Å². The molecule has 2 aromatic rings. The standard InChI is InChI=1S/C19H25N3O4S/c23-19(12-17-16-9-3-4-10-18(16)26-20-17)22-11-5-8-15(13-22)27(24,25)21-14-6-1-2-7-14/h3-4,9-10,14-15,21H,1-2,5-8,11-13H2/t15-/m0/s1. The molecule has 1 amide bonds. The van der Waals surface area contributed by atoms with Crippen molar-refractivity contribution in [1.29, 1.82) is 0 Å². The van der Waals surface area contributed by atoms with Crippen LogP contribution in [0.15, 0.2) is 28.8 Å². The van der Waals surface area contributed by atoms with E-state index >= 15 is 0 Å². The second-order valence-electron chi connectivity index (χ2n) is 7.55. The van der Waals surface area contributed by atoms with E-state index in [1.165, 1.54) is 0 Å². The van der Waals surface area contributed by atoms with Crippen LogP contribution in [0.5, 0.6) is 0 Å². The molecule has 4 rings (SSSR count). The highest BCUT2D eigenvalue weighted by atomic mass is 32.2. The summed E-state index contributed by atoms with van der Waals surface area (Å²) < 4.78 is 33.6. The minimum atomic E-state index is -3.41. The number of para-hydroxylation sites is 1. The number of carbonyl (C=O) groups is 1. The molecular weight excluding hydrogens is 366 g/mol. The van der Waals surface area contributed by atoms with E-state index in [-0.39, 0.29) is 24.9 Å². The molecule has 1 N–H and O–H groups in total. The van der Waals surface area contributed by atoms with Crippen molar-refractivity contribution in [2.75, 3.05) is 13.1 Å². The molecule has 1 saturated heterocycles. The first-order chi connectivity index (χ1) is 13.0. The van der Waals surface area contributed by atoms with Gasteiger partial charge in [-0.15, -0.1) is 0 Å². The minimum Gasteiger partial charge on any atom is -0.356 e. The number of hydrogen-bond donors (Lipinski definition) is 1. The van der Waals surface area contributed by atoms with E-state index in [1.807, 2.05) is 24.3 Å². The summed E-state index contributed by atoms with van der Waals surface area (Å²) in [5, 5.41) is 4.30. The van der Waals surface area contributed by atoms with Crippen molar-refractivity contribution in [2.24, 2.45) is 0 Å². The molecule has 2 aliphatic rings. The molecule has 146 valence electrons. The summed E-state index contributed by atoms with van der Waals surface area (Å²) in [5.74, 6) is -0.102. The van der Waals surface area contributed by atoms with Crippen LogP contribution in [0.1, 0.15) is 44.2 Å². The lowest BCUT2D eigenvalue weighted by molar-refractivity contribution is -0.131. The molecule has 27 heavy (non-hydrogen) atoms. The Bertz CT molecular complexity index is 918. The predicted octanol–water partition coefficient (Wildman–Crippen LogP) is 2.22. The van der Waals surface area contributed by atoms with Gasteiger partial charge in [0.1, 0.15) is 5.69 Å². The second kappa shape index (κ2) is 7.59. The number of hydrogen-bond acceptors (Lipinski definition) is 5. The highest BCUT2D eigenvalue weighted by molar-refractivity contribution is 7.90. The summed E-state index contributed by atoms with van der Waals surface area (Å²) >= 11 is 0. The van der Waals surface area contributed by atoms with Crippen LogP contribution < -0.4 is 4.72 Å². The number of likely N-dealkylation sites (tertiary alicyclic amines) is 1. The zero-order valence-corrected chi connectivity index (χ0v) is 16.1. The Morgan fingerprint density at radius 2 is 1.96 bits per heavy atom. The van der Waals surface area contributed by atoms with Gasteiger partial charge in [0.05, 0.1) is 11.7 Å². The van der Waals surface area contributed by atoms with Crippen LogP contribution in [0, 0.1) is 0 Å². The van der Waals surface area contributed by atoms with E-state index in [9.17, 15) is 13.2 Å². The molecule has 1 aliphatic carbocycles. The number of nitrogens with zero attached hydrogens (tertiary/aromatic N) is 2. The summed E-state index contributed by atoms with van der Waals surface area (Å²) in [7, 11) is -3.41. The van der Waals surface area contributed by atoms with E-state index in [2.05, 4.69) is 9.88 Å². The number of sulfonamides is 1. The number of nitrogens with one attached hydrogen (secondary N) is 1. The van der Waals surface area contributed by atoms with E-state index in [0.29, 0.717) is 30.7 Å². The molecule has 0 bridgehead atoms. The first-order valence-corrected chi connectivity index (χ1v) is 11.2. The van der Waals surface area contributed by atoms with Crippen molar-refractivity contribution in [1.82, 2.24) is 14.8 Å². The lowest BCUT2D eigenvalue weighted by atomic mass is 10.1. The summed E-state index contributed by atoms with van der Waals surface area (Å²) in [6.07, 6.45) is 5.39. The molecule has 8 heteroatoms. The van der Waals surface area contributed by atoms with Crippen LogP contribution in [-0.2, 0) is 21.2 Å². The maximum atomic E-state index is 12.8. The van der Waals surface area contributed by atoms with Crippen molar-refractivity contribution in [3.05, 3.63) is 30.0 Å². The third-order valence-corrected chi connectivity index (χ3v) is 7.55. The Labute approximate surface area is 159 Å². The van der Waals surface area contributed by atoms with Crippen LogP contribution in [0.2, 0.25) is 0 Å². The van der Waals surface area contributed by atoms with Crippen molar-refractivity contribution in [3.63, 3.8) is 0 Å². The van der Waals surface area contributed by atoms with Gasteiger partial charge in [0, 0.05) is 24.5 Å². The molecule has 1 aromatic heterocycles. The van der Waals surface area contributed by atoms with Gasteiger partial charge < -0.3 is 9.42 Å². The van der Waals surface area contributed by atoms with Crippen LogP contribution in [-0.4, -0.2) is 48.8 Å². The minimum absolute atomic E-state index is 0.0579. The lowest BCUT2D eigenvalue weighted by Gasteiger charge is -2.33. The topological polar surface area (TPSA) is 92.5 Å². The molecule has 2 heterocycles. The molecule has 1 aromatic carbocycles. The molecule has 0 unspecified atom stereocenters. The van der Waals surface area contributed by atoms with Crippen LogP contribution in [0.4, 0.5) is 0 Å². The van der Waals surface area contributed by atoms with E-state index in [1.54, 1.807) is 4.90 Å². The molecule has 2 fully saturated rings. The van der Waals surface area contributed by atoms with E-state index in [4.69, 9.17) is 4.52 Å². The Kier molecular flexibility index (Phi) is 5.19. The number of piperidine rings is 1. The second-order valence-corrected chi connectivity index (χ2v) is 9.54. The van der Waals surface area contributed by atoms with Gasteiger partial charge in [-0.3, -0.25) is 4.79 Å². The van der Waals surface area contributed by atoms with Gasteiger partial charge in [-0.25, -0.2) is 13.1 Å². The molecular formula is C19H25N3O4S. The van der Waals surface area contributed by atoms with Crippen molar-refractivity contribution >= 4 is 26.9 Å². The molecule has 7 nitrogen and oxygen atoms in total. The van der Waals surface area contributed by atoms with Crippen molar-refractivity contribution in [3.8, 4) is 0 Å². The van der Waals surface area contributed by atoms with Gasteiger partial charge >= 0.3 is 0 Å². The zero-order chi connectivity index (χ0) is 18.9. The summed E-state index contributed by atoms with van der Waals surface area (Å²) in [4.78, 5) is 14.4. The fourth-order valence-electron chi connectivity index (χ4n) is 4.11. The van der Waals surface area contributed by atoms with Gasteiger partial charge in [-0.05, 0) is 37.8 Å². The maximum Gasteiger partial charge on any atom is 0.228 e. The predicted molar refractivity (Wildman–Crippen MR) is 102 cm³/mol. The number of fused-ring (bicyclic) bond motifs is 1. The molecule has 1 aliphatic heterocycles. The van der Waals surface area contributed by atoms with Crippen LogP contribution in [0.25, 0.3) is 11.0 Å². The Hall–Kier alpha value is -1.93. The molecule has 0 spiro atoms. The van der Waals surface area contributed by atoms with Crippen LogP contribution in [0.3, 0.4) is 0 Å². The lowest BCUT2D eigenvalue weighted by Crippen LogP contribution is -2.50.